The summed E-state index contributed by atoms with van der Waals surface area (Å²) in [5, 5.41) is 0. The normalized spacial score (nSPS) is 26.2. The van der Waals surface area contributed by atoms with Crippen molar-refractivity contribution < 1.29 is 19.1 Å². The molecule has 0 aliphatic carbocycles. The third kappa shape index (κ3) is 2.54. The first-order valence-electron chi connectivity index (χ1n) is 8.15. The molecule has 3 rings (SSSR count). The van der Waals surface area contributed by atoms with Gasteiger partial charge in [-0.2, -0.15) is 0 Å². The Morgan fingerprint density at radius 3 is 2.74 bits per heavy atom. The number of carbonyl (C=O) groups is 3. The molecule has 0 bridgehead atoms. The number of ether oxygens (including phenoxy) is 1. The monoisotopic (exact) mass is 315 g/mol. The molecule has 2 heterocycles. The quantitative estimate of drug-likeness (QED) is 0.617. The van der Waals surface area contributed by atoms with Crippen LogP contribution < -0.4 is 0 Å². The van der Waals surface area contributed by atoms with Gasteiger partial charge in [-0.15, -0.1) is 0 Å². The zero-order valence-electron chi connectivity index (χ0n) is 13.3. The summed E-state index contributed by atoms with van der Waals surface area (Å²) in [6, 6.07) is 9.09. The van der Waals surface area contributed by atoms with Gasteiger partial charge in [0.05, 0.1) is 6.61 Å². The number of nitrogens with zero attached hydrogens (tertiary/aromatic N) is 1. The van der Waals surface area contributed by atoms with Gasteiger partial charge in [-0.3, -0.25) is 9.59 Å². The van der Waals surface area contributed by atoms with Crippen LogP contribution >= 0.6 is 0 Å². The molecule has 1 aromatic carbocycles. The highest BCUT2D eigenvalue weighted by atomic mass is 16.5. The van der Waals surface area contributed by atoms with Crippen LogP contribution in [0.2, 0.25) is 0 Å². The van der Waals surface area contributed by atoms with Crippen molar-refractivity contribution in [3.63, 3.8) is 0 Å². The minimum absolute atomic E-state index is 0.00675. The van der Waals surface area contributed by atoms with Gasteiger partial charge in [0.1, 0.15) is 5.54 Å². The Labute approximate surface area is 135 Å². The summed E-state index contributed by atoms with van der Waals surface area (Å²) in [6.07, 6.45) is 1.75. The fourth-order valence-electron chi connectivity index (χ4n) is 3.93. The summed E-state index contributed by atoms with van der Waals surface area (Å²) in [7, 11) is 0. The average molecular weight is 315 g/mol. The molecule has 0 aromatic heterocycles. The molecule has 23 heavy (non-hydrogen) atoms. The van der Waals surface area contributed by atoms with Gasteiger partial charge in [0.25, 0.3) is 0 Å². The Kier molecular flexibility index (Phi) is 4.20. The van der Waals surface area contributed by atoms with E-state index >= 15 is 0 Å². The summed E-state index contributed by atoms with van der Waals surface area (Å²) < 4.78 is 5.25. The van der Waals surface area contributed by atoms with E-state index in [1.165, 1.54) is 0 Å². The number of benzene rings is 1. The van der Waals surface area contributed by atoms with Gasteiger partial charge in [0, 0.05) is 30.9 Å². The summed E-state index contributed by atoms with van der Waals surface area (Å²) in [5.74, 6) is -0.511. The van der Waals surface area contributed by atoms with Crippen molar-refractivity contribution in [2.75, 3.05) is 13.2 Å². The lowest BCUT2D eigenvalue weighted by atomic mass is 9.79. The first-order valence-corrected chi connectivity index (χ1v) is 8.15. The van der Waals surface area contributed by atoms with Crippen LogP contribution in [0.1, 0.15) is 43.0 Å². The van der Waals surface area contributed by atoms with Gasteiger partial charge in [0.2, 0.25) is 5.91 Å². The van der Waals surface area contributed by atoms with Crippen LogP contribution in [0, 0.1) is 5.92 Å². The molecule has 5 heteroatoms. The van der Waals surface area contributed by atoms with E-state index < -0.39 is 5.54 Å². The Morgan fingerprint density at radius 1 is 1.30 bits per heavy atom. The lowest BCUT2D eigenvalue weighted by molar-refractivity contribution is -0.159. The second-order valence-electron chi connectivity index (χ2n) is 6.17. The second kappa shape index (κ2) is 6.14. The fraction of sp³-hybridized carbons (Fsp3) is 0.500. The van der Waals surface area contributed by atoms with Crippen LogP contribution in [0.4, 0.5) is 0 Å². The molecule has 0 radical (unpaired) electrons. The van der Waals surface area contributed by atoms with Crippen LogP contribution in [0.15, 0.2) is 30.3 Å². The Bertz CT molecular complexity index is 627. The summed E-state index contributed by atoms with van der Waals surface area (Å²) in [4.78, 5) is 38.9. The molecule has 2 aliphatic heterocycles. The summed E-state index contributed by atoms with van der Waals surface area (Å²) in [6.45, 7) is 2.57. The van der Waals surface area contributed by atoms with Gasteiger partial charge in [-0.25, -0.2) is 4.79 Å². The molecule has 2 fully saturated rings. The first kappa shape index (κ1) is 15.7. The predicted molar refractivity (Wildman–Crippen MR) is 83.8 cm³/mol. The minimum Gasteiger partial charge on any atom is -0.464 e. The van der Waals surface area contributed by atoms with E-state index in [1.807, 2.05) is 18.2 Å². The number of esters is 1. The number of rotatable bonds is 5. The van der Waals surface area contributed by atoms with E-state index in [0.29, 0.717) is 31.4 Å². The van der Waals surface area contributed by atoms with Crippen LogP contribution in [0.25, 0.3) is 0 Å². The number of hydrogen-bond donors (Lipinski definition) is 0. The first-order chi connectivity index (χ1) is 11.1. The third-order valence-corrected chi connectivity index (χ3v) is 5.04. The fourth-order valence-corrected chi connectivity index (χ4v) is 3.93. The van der Waals surface area contributed by atoms with Crippen molar-refractivity contribution in [1.82, 2.24) is 4.90 Å². The Hall–Kier alpha value is -2.17. The van der Waals surface area contributed by atoms with E-state index in [9.17, 15) is 14.4 Å². The highest BCUT2D eigenvalue weighted by Crippen LogP contribution is 2.46. The maximum absolute atomic E-state index is 12.6. The molecule has 1 amide bonds. The van der Waals surface area contributed by atoms with E-state index in [2.05, 4.69) is 0 Å². The number of carbonyl (C=O) groups excluding carboxylic acids is 3. The van der Waals surface area contributed by atoms with Crippen molar-refractivity contribution >= 4 is 17.7 Å². The highest BCUT2D eigenvalue weighted by Gasteiger charge is 2.60. The predicted octanol–water partition coefficient (Wildman–Crippen LogP) is 2.20. The second-order valence-corrected chi connectivity index (χ2v) is 6.17. The van der Waals surface area contributed by atoms with Crippen molar-refractivity contribution in [2.24, 2.45) is 5.92 Å². The highest BCUT2D eigenvalue weighted by molar-refractivity contribution is 5.98. The molecule has 5 nitrogen and oxygen atoms in total. The van der Waals surface area contributed by atoms with Gasteiger partial charge in [0.15, 0.2) is 5.78 Å². The van der Waals surface area contributed by atoms with Crippen molar-refractivity contribution in [3.05, 3.63) is 35.9 Å². The Balaban J connectivity index is 1.85. The molecule has 0 N–H and O–H groups in total. The molecule has 1 aromatic rings. The standard InChI is InChI=1S/C18H21NO4/c1-2-23-17(22)18-10-8-16(21)19(18)11-9-14(18)12-15(20)13-6-4-3-5-7-13/h3-7,14H,2,8-12H2,1H3. The zero-order chi connectivity index (χ0) is 16.4. The molecule has 2 aliphatic rings. The lowest BCUT2D eigenvalue weighted by Gasteiger charge is -2.34. The maximum atomic E-state index is 12.6. The summed E-state index contributed by atoms with van der Waals surface area (Å²) >= 11 is 0. The average Bonchev–Trinajstić information content (AvgIpc) is 3.09. The molecule has 0 spiro atoms. The lowest BCUT2D eigenvalue weighted by Crippen LogP contribution is -2.52. The largest absolute Gasteiger partial charge is 0.464 e. The maximum Gasteiger partial charge on any atom is 0.332 e. The minimum atomic E-state index is -0.933. The molecule has 2 atom stereocenters. The van der Waals surface area contributed by atoms with Crippen molar-refractivity contribution in [2.45, 2.75) is 38.1 Å². The van der Waals surface area contributed by atoms with E-state index in [0.717, 1.165) is 0 Å². The number of fused-ring (bicyclic) bond motifs is 1. The Morgan fingerprint density at radius 2 is 2.04 bits per heavy atom. The van der Waals surface area contributed by atoms with Gasteiger partial charge >= 0.3 is 5.97 Å². The molecular weight excluding hydrogens is 294 g/mol. The van der Waals surface area contributed by atoms with Crippen molar-refractivity contribution in [1.29, 1.82) is 0 Å². The smallest absolute Gasteiger partial charge is 0.332 e. The number of amides is 1. The SMILES string of the molecule is CCOC(=O)C12CCC(=O)N1CCC2CC(=O)c1ccccc1. The topological polar surface area (TPSA) is 63.7 Å². The molecule has 122 valence electrons. The van der Waals surface area contributed by atoms with E-state index in [1.54, 1.807) is 24.0 Å². The van der Waals surface area contributed by atoms with Crippen LogP contribution in [-0.4, -0.2) is 41.3 Å². The van der Waals surface area contributed by atoms with E-state index in [-0.39, 0.29) is 36.6 Å². The number of hydrogen-bond acceptors (Lipinski definition) is 4. The number of Topliss-reactive ketones (excluding diaryl/α,β-unsaturated/α-hetero) is 1. The van der Waals surface area contributed by atoms with Crippen LogP contribution in [0.5, 0.6) is 0 Å². The number of ketones is 1. The molecular formula is C18H21NO4. The van der Waals surface area contributed by atoms with E-state index in [4.69, 9.17) is 4.74 Å². The molecule has 0 saturated carbocycles. The van der Waals surface area contributed by atoms with Gasteiger partial charge in [-0.05, 0) is 19.8 Å². The molecule has 2 unspecified atom stereocenters. The zero-order valence-corrected chi connectivity index (χ0v) is 13.3. The van der Waals surface area contributed by atoms with Gasteiger partial charge in [-0.1, -0.05) is 30.3 Å². The van der Waals surface area contributed by atoms with Crippen LogP contribution in [-0.2, 0) is 14.3 Å². The van der Waals surface area contributed by atoms with Crippen molar-refractivity contribution in [3.8, 4) is 0 Å². The molecule has 2 saturated heterocycles. The van der Waals surface area contributed by atoms with Crippen LogP contribution in [0.3, 0.4) is 0 Å². The third-order valence-electron chi connectivity index (χ3n) is 5.04. The van der Waals surface area contributed by atoms with Gasteiger partial charge < -0.3 is 9.64 Å². The summed E-state index contributed by atoms with van der Waals surface area (Å²) in [5.41, 5.74) is -0.286.